The van der Waals surface area contributed by atoms with Crippen molar-refractivity contribution in [3.05, 3.63) is 48.0 Å². The zero-order chi connectivity index (χ0) is 28.8. The van der Waals surface area contributed by atoms with Crippen molar-refractivity contribution < 1.29 is 40.4 Å². The highest BCUT2D eigenvalue weighted by Crippen LogP contribution is 2.40. The van der Waals surface area contributed by atoms with E-state index in [1.165, 1.54) is 13.2 Å². The van der Waals surface area contributed by atoms with Crippen LogP contribution in [0.15, 0.2) is 47.4 Å². The molecule has 0 spiro atoms. The van der Waals surface area contributed by atoms with E-state index in [0.717, 1.165) is 22.5 Å². The Kier molecular flexibility index (Phi) is 7.44. The number of nitrogens with zero attached hydrogens (tertiary/aromatic N) is 1. The largest absolute Gasteiger partial charge is 0.494 e. The van der Waals surface area contributed by atoms with E-state index < -0.39 is 51.1 Å². The molecule has 1 saturated heterocycles. The van der Waals surface area contributed by atoms with E-state index in [9.17, 15) is 21.6 Å². The number of rotatable bonds is 4. The van der Waals surface area contributed by atoms with Crippen molar-refractivity contribution in [3.8, 4) is 17.6 Å². The maximum atomic E-state index is 13.8. The number of hydrogen-bond acceptors (Lipinski definition) is 7. The Hall–Kier alpha value is -3.21. The Bertz CT molecular complexity index is 1430. The van der Waals surface area contributed by atoms with Crippen LogP contribution in [0.1, 0.15) is 39.7 Å². The van der Waals surface area contributed by atoms with Crippen LogP contribution in [0.5, 0.6) is 5.75 Å². The van der Waals surface area contributed by atoms with E-state index in [4.69, 9.17) is 24.2 Å². The molecule has 1 unspecified atom stereocenters. The minimum absolute atomic E-state index is 0.0234. The van der Waals surface area contributed by atoms with Crippen molar-refractivity contribution in [2.24, 2.45) is 0 Å². The normalized spacial score (nSPS) is 19.9. The van der Waals surface area contributed by atoms with Crippen LogP contribution in [0.25, 0.3) is 0 Å². The molecule has 2 aromatic rings. The van der Waals surface area contributed by atoms with Crippen molar-refractivity contribution in [2.45, 2.75) is 62.5 Å². The number of methoxy groups -OCH3 is 1. The summed E-state index contributed by atoms with van der Waals surface area (Å²) in [6.45, 7) is 7.22. The molecule has 0 saturated carbocycles. The van der Waals surface area contributed by atoms with Crippen LogP contribution in [0, 0.1) is 17.3 Å². The standard InChI is InChI=1S/C26H28BF3N2O6S/c1-24(2)25(3,4)38-27(37-24)18-12-13-22-21(15-18)32(16-19(36-22)9-7-11-23(31)35-5)39(33,34)20-10-6-8-17(14-20)26(28,29)30/h6,8,10,12-15,19,31H,11,16H2,1-5H3. The Morgan fingerprint density at radius 2 is 1.82 bits per heavy atom. The van der Waals surface area contributed by atoms with Gasteiger partial charge in [0.15, 0.2) is 12.0 Å². The van der Waals surface area contributed by atoms with Gasteiger partial charge >= 0.3 is 13.3 Å². The number of anilines is 1. The molecule has 2 heterocycles. The monoisotopic (exact) mass is 564 g/mol. The van der Waals surface area contributed by atoms with Gasteiger partial charge in [-0.2, -0.15) is 13.2 Å². The van der Waals surface area contributed by atoms with Crippen LogP contribution in [0.2, 0.25) is 0 Å². The van der Waals surface area contributed by atoms with E-state index >= 15 is 0 Å². The molecular weight excluding hydrogens is 536 g/mol. The van der Waals surface area contributed by atoms with Gasteiger partial charge in [0.25, 0.3) is 10.0 Å². The minimum Gasteiger partial charge on any atom is -0.484 e. The third-order valence-electron chi connectivity index (χ3n) is 6.89. The lowest BCUT2D eigenvalue weighted by molar-refractivity contribution is -0.137. The molecule has 1 N–H and O–H groups in total. The number of sulfonamides is 1. The summed E-state index contributed by atoms with van der Waals surface area (Å²) in [6, 6.07) is 8.32. The molecular formula is C26H28BF3N2O6S. The predicted molar refractivity (Wildman–Crippen MR) is 140 cm³/mol. The highest BCUT2D eigenvalue weighted by molar-refractivity contribution is 7.92. The van der Waals surface area contributed by atoms with E-state index in [2.05, 4.69) is 11.8 Å². The van der Waals surface area contributed by atoms with Crippen molar-refractivity contribution >= 4 is 34.2 Å². The summed E-state index contributed by atoms with van der Waals surface area (Å²) in [5.41, 5.74) is -1.76. The molecule has 13 heteroatoms. The zero-order valence-corrected chi connectivity index (χ0v) is 22.9. The molecule has 8 nitrogen and oxygen atoms in total. The van der Waals surface area contributed by atoms with Crippen molar-refractivity contribution in [1.29, 1.82) is 5.41 Å². The number of halogens is 3. The molecule has 0 radical (unpaired) electrons. The Morgan fingerprint density at radius 1 is 1.15 bits per heavy atom. The zero-order valence-electron chi connectivity index (χ0n) is 22.0. The quantitative estimate of drug-likeness (QED) is 0.261. The summed E-state index contributed by atoms with van der Waals surface area (Å²) in [4.78, 5) is -0.529. The van der Waals surface area contributed by atoms with Gasteiger partial charge < -0.3 is 18.8 Å². The lowest BCUT2D eigenvalue weighted by Gasteiger charge is -2.34. The average molecular weight is 564 g/mol. The maximum Gasteiger partial charge on any atom is 0.494 e. The van der Waals surface area contributed by atoms with Gasteiger partial charge in [0.05, 0.1) is 47.4 Å². The van der Waals surface area contributed by atoms with Gasteiger partial charge in [-0.05, 0) is 63.5 Å². The number of hydrogen-bond donors (Lipinski definition) is 1. The van der Waals surface area contributed by atoms with Crippen LogP contribution in [0.4, 0.5) is 18.9 Å². The number of fused-ring (bicyclic) bond motifs is 1. The number of alkyl halides is 3. The molecule has 1 atom stereocenters. The first-order valence-corrected chi connectivity index (χ1v) is 13.5. The summed E-state index contributed by atoms with van der Waals surface area (Å²) in [5.74, 6) is 5.58. The first-order valence-electron chi connectivity index (χ1n) is 12.0. The van der Waals surface area contributed by atoms with Crippen LogP contribution < -0.4 is 14.5 Å². The van der Waals surface area contributed by atoms with E-state index in [1.807, 2.05) is 27.7 Å². The lowest BCUT2D eigenvalue weighted by Crippen LogP contribution is -2.44. The van der Waals surface area contributed by atoms with E-state index in [-0.39, 0.29) is 30.3 Å². The van der Waals surface area contributed by atoms with Gasteiger partial charge in [-0.25, -0.2) is 8.42 Å². The third-order valence-corrected chi connectivity index (χ3v) is 8.66. The van der Waals surface area contributed by atoms with Crippen molar-refractivity contribution in [3.63, 3.8) is 0 Å². The van der Waals surface area contributed by atoms with Crippen LogP contribution >= 0.6 is 0 Å². The SMILES string of the molecule is COC(=N)CC#CC1CN(S(=O)(=O)c2cccc(C(F)(F)F)c2)c2cc(B3OC(C)(C)C(C)(C)O3)ccc2O1. The summed E-state index contributed by atoms with van der Waals surface area (Å²) in [5, 5.41) is 7.57. The summed E-state index contributed by atoms with van der Waals surface area (Å²) in [7, 11) is -3.96. The Morgan fingerprint density at radius 3 is 2.44 bits per heavy atom. The third kappa shape index (κ3) is 5.73. The number of benzene rings is 2. The van der Waals surface area contributed by atoms with Crippen LogP contribution in [0.3, 0.4) is 0 Å². The van der Waals surface area contributed by atoms with E-state index in [0.29, 0.717) is 11.5 Å². The highest BCUT2D eigenvalue weighted by Gasteiger charge is 2.52. The Balaban J connectivity index is 1.77. The smallest absolute Gasteiger partial charge is 0.484 e. The fraction of sp³-hybridized carbons (Fsp3) is 0.423. The molecule has 0 aliphatic carbocycles. The predicted octanol–water partition coefficient (Wildman–Crippen LogP) is 3.98. The summed E-state index contributed by atoms with van der Waals surface area (Å²) >= 11 is 0. The molecule has 2 aliphatic heterocycles. The topological polar surface area (TPSA) is 98.2 Å². The Labute approximate surface area is 226 Å². The maximum absolute atomic E-state index is 13.8. The first-order chi connectivity index (χ1) is 18.0. The second-order valence-corrected chi connectivity index (χ2v) is 12.0. The van der Waals surface area contributed by atoms with Gasteiger partial charge in [-0.3, -0.25) is 9.71 Å². The highest BCUT2D eigenvalue weighted by atomic mass is 32.2. The second kappa shape index (κ2) is 10.1. The van der Waals surface area contributed by atoms with Crippen molar-refractivity contribution in [2.75, 3.05) is 18.0 Å². The fourth-order valence-corrected chi connectivity index (χ4v) is 5.49. The molecule has 1 fully saturated rings. The average Bonchev–Trinajstić information content (AvgIpc) is 3.09. The molecule has 208 valence electrons. The molecule has 39 heavy (non-hydrogen) atoms. The molecule has 4 rings (SSSR count). The van der Waals surface area contributed by atoms with Gasteiger partial charge in [-0.1, -0.05) is 24.0 Å². The molecule has 0 amide bonds. The lowest BCUT2D eigenvalue weighted by atomic mass is 9.79. The van der Waals surface area contributed by atoms with E-state index in [1.54, 1.807) is 12.1 Å². The summed E-state index contributed by atoms with van der Waals surface area (Å²) in [6.07, 6.45) is -5.70. The molecule has 2 aliphatic rings. The van der Waals surface area contributed by atoms with Gasteiger partial charge in [0.1, 0.15) is 5.75 Å². The first kappa shape index (κ1) is 28.8. The van der Waals surface area contributed by atoms with Crippen molar-refractivity contribution in [1.82, 2.24) is 0 Å². The number of ether oxygens (including phenoxy) is 2. The van der Waals surface area contributed by atoms with Crippen LogP contribution in [-0.4, -0.2) is 52.4 Å². The second-order valence-electron chi connectivity index (χ2n) is 10.1. The fourth-order valence-electron chi connectivity index (χ4n) is 3.97. The van der Waals surface area contributed by atoms with Gasteiger partial charge in [-0.15, -0.1) is 0 Å². The van der Waals surface area contributed by atoms with Gasteiger partial charge in [0, 0.05) is 0 Å². The number of nitrogens with one attached hydrogen (secondary N) is 1. The molecule has 0 aromatic heterocycles. The summed E-state index contributed by atoms with van der Waals surface area (Å²) < 4.78 is 91.6. The molecule has 2 aromatic carbocycles. The minimum atomic E-state index is -4.72. The van der Waals surface area contributed by atoms with Crippen LogP contribution in [-0.2, 0) is 30.2 Å². The van der Waals surface area contributed by atoms with Gasteiger partial charge in [0.2, 0.25) is 0 Å². The molecule has 0 bridgehead atoms.